The molecule has 3 heteroatoms. The fraction of sp³-hybridized carbons (Fsp3) is 0.739. The van der Waals surface area contributed by atoms with E-state index in [0.29, 0.717) is 11.8 Å². The van der Waals surface area contributed by atoms with Gasteiger partial charge in [0.25, 0.3) is 0 Å². The molecular formula is C23H35FN2. The van der Waals surface area contributed by atoms with Gasteiger partial charge in [-0.05, 0) is 86.3 Å². The normalized spacial score (nSPS) is 29.5. The van der Waals surface area contributed by atoms with E-state index < -0.39 is 0 Å². The predicted octanol–water partition coefficient (Wildman–Crippen LogP) is 7.74. The molecule has 0 heterocycles. The first-order valence-corrected chi connectivity index (χ1v) is 10.9. The van der Waals surface area contributed by atoms with Crippen molar-refractivity contribution < 1.29 is 4.39 Å². The van der Waals surface area contributed by atoms with Crippen LogP contribution in [-0.4, -0.2) is 6.04 Å². The SMILES string of the molecule is CCCCCC1CCC(c2ccc(C3CCC(N=N)CC3)c(F)c2)CC1. The molecular weight excluding hydrogens is 323 g/mol. The minimum Gasteiger partial charge on any atom is -0.210 e. The molecule has 0 atom stereocenters. The lowest BCUT2D eigenvalue weighted by molar-refractivity contribution is 0.302. The zero-order chi connectivity index (χ0) is 18.4. The lowest BCUT2D eigenvalue weighted by Gasteiger charge is -2.30. The largest absolute Gasteiger partial charge is 0.210 e. The summed E-state index contributed by atoms with van der Waals surface area (Å²) >= 11 is 0. The summed E-state index contributed by atoms with van der Waals surface area (Å²) in [5.41, 5.74) is 9.27. The molecule has 144 valence electrons. The van der Waals surface area contributed by atoms with Gasteiger partial charge in [-0.2, -0.15) is 5.11 Å². The zero-order valence-corrected chi connectivity index (χ0v) is 16.4. The molecule has 2 aliphatic rings. The Balaban J connectivity index is 1.54. The van der Waals surface area contributed by atoms with Crippen molar-refractivity contribution in [2.45, 2.75) is 102 Å². The number of hydrogen-bond donors (Lipinski definition) is 1. The molecule has 3 rings (SSSR count). The Hall–Kier alpha value is -1.25. The third-order valence-corrected chi connectivity index (χ3v) is 6.88. The van der Waals surface area contributed by atoms with Crippen molar-refractivity contribution >= 4 is 0 Å². The molecule has 1 aromatic carbocycles. The van der Waals surface area contributed by atoms with Crippen LogP contribution < -0.4 is 0 Å². The first-order chi connectivity index (χ1) is 12.7. The van der Waals surface area contributed by atoms with Crippen LogP contribution in [0.1, 0.15) is 107 Å². The first-order valence-electron chi connectivity index (χ1n) is 10.9. The van der Waals surface area contributed by atoms with E-state index in [1.54, 1.807) is 0 Å². The van der Waals surface area contributed by atoms with Gasteiger partial charge in [0.15, 0.2) is 0 Å². The van der Waals surface area contributed by atoms with E-state index in [-0.39, 0.29) is 11.9 Å². The molecule has 26 heavy (non-hydrogen) atoms. The van der Waals surface area contributed by atoms with Gasteiger partial charge in [0.05, 0.1) is 6.04 Å². The van der Waals surface area contributed by atoms with Gasteiger partial charge in [0, 0.05) is 0 Å². The Kier molecular flexibility index (Phi) is 7.22. The van der Waals surface area contributed by atoms with Crippen molar-refractivity contribution in [3.63, 3.8) is 0 Å². The number of nitrogens with zero attached hydrogens (tertiary/aromatic N) is 1. The highest BCUT2D eigenvalue weighted by Gasteiger charge is 2.26. The number of nitrogens with one attached hydrogen (secondary N) is 1. The minimum atomic E-state index is -0.00108. The molecule has 0 spiro atoms. The van der Waals surface area contributed by atoms with Crippen molar-refractivity contribution in [1.29, 1.82) is 5.53 Å². The van der Waals surface area contributed by atoms with Gasteiger partial charge in [-0.1, -0.05) is 44.7 Å². The third-order valence-electron chi connectivity index (χ3n) is 6.88. The lowest BCUT2D eigenvalue weighted by Crippen LogP contribution is -2.17. The third kappa shape index (κ3) is 4.92. The van der Waals surface area contributed by atoms with E-state index in [0.717, 1.165) is 37.2 Å². The second-order valence-electron chi connectivity index (χ2n) is 8.63. The summed E-state index contributed by atoms with van der Waals surface area (Å²) in [4.78, 5) is 0. The van der Waals surface area contributed by atoms with Gasteiger partial charge in [-0.3, -0.25) is 0 Å². The lowest BCUT2D eigenvalue weighted by atomic mass is 9.76. The molecule has 1 aromatic rings. The summed E-state index contributed by atoms with van der Waals surface area (Å²) in [6.45, 7) is 2.27. The summed E-state index contributed by atoms with van der Waals surface area (Å²) in [6.07, 6.45) is 14.3. The Morgan fingerprint density at radius 3 is 2.27 bits per heavy atom. The van der Waals surface area contributed by atoms with Crippen LogP contribution >= 0.6 is 0 Å². The average Bonchev–Trinajstić information content (AvgIpc) is 2.69. The number of unbranched alkanes of at least 4 members (excludes halogenated alkanes) is 2. The fourth-order valence-corrected chi connectivity index (χ4v) is 5.11. The van der Waals surface area contributed by atoms with Crippen LogP contribution in [0.3, 0.4) is 0 Å². The average molecular weight is 359 g/mol. The Morgan fingerprint density at radius 2 is 1.65 bits per heavy atom. The monoisotopic (exact) mass is 358 g/mol. The van der Waals surface area contributed by atoms with Crippen LogP contribution in [0.4, 0.5) is 4.39 Å². The molecule has 0 radical (unpaired) electrons. The number of hydrogen-bond acceptors (Lipinski definition) is 2. The van der Waals surface area contributed by atoms with Crippen LogP contribution in [0.25, 0.3) is 0 Å². The van der Waals surface area contributed by atoms with Crippen molar-refractivity contribution in [2.75, 3.05) is 0 Å². The van der Waals surface area contributed by atoms with Gasteiger partial charge in [0.2, 0.25) is 0 Å². The molecule has 1 N–H and O–H groups in total. The molecule has 0 unspecified atom stereocenters. The maximum absolute atomic E-state index is 14.8. The van der Waals surface area contributed by atoms with Crippen LogP contribution in [0.15, 0.2) is 23.3 Å². The van der Waals surface area contributed by atoms with Gasteiger partial charge in [0.1, 0.15) is 5.82 Å². The van der Waals surface area contributed by atoms with Gasteiger partial charge in [-0.25, -0.2) is 9.92 Å². The van der Waals surface area contributed by atoms with E-state index in [1.807, 2.05) is 6.07 Å². The second-order valence-corrected chi connectivity index (χ2v) is 8.63. The molecule has 0 amide bonds. The smallest absolute Gasteiger partial charge is 0.126 e. The summed E-state index contributed by atoms with van der Waals surface area (Å²) in [7, 11) is 0. The van der Waals surface area contributed by atoms with Crippen molar-refractivity contribution in [2.24, 2.45) is 11.0 Å². The standard InChI is InChI=1S/C23H35FN2/c1-2-3-4-5-17-6-8-18(9-7-17)20-12-15-22(23(24)16-20)19-10-13-21(26-25)14-11-19/h12,15-19,21,25H,2-11,13-14H2,1H3. The summed E-state index contributed by atoms with van der Waals surface area (Å²) in [5.74, 6) is 1.77. The Bertz CT molecular complexity index is 570. The highest BCUT2D eigenvalue weighted by atomic mass is 19.1. The van der Waals surface area contributed by atoms with Gasteiger partial charge >= 0.3 is 0 Å². The van der Waals surface area contributed by atoms with Gasteiger partial charge in [-0.15, -0.1) is 0 Å². The van der Waals surface area contributed by atoms with E-state index in [4.69, 9.17) is 5.53 Å². The van der Waals surface area contributed by atoms with Crippen LogP contribution in [0.5, 0.6) is 0 Å². The van der Waals surface area contributed by atoms with Crippen molar-refractivity contribution in [1.82, 2.24) is 0 Å². The van der Waals surface area contributed by atoms with Crippen LogP contribution in [-0.2, 0) is 0 Å². The highest BCUT2D eigenvalue weighted by Crippen LogP contribution is 2.40. The predicted molar refractivity (Wildman–Crippen MR) is 105 cm³/mol. The summed E-state index contributed by atoms with van der Waals surface area (Å²) < 4.78 is 14.8. The van der Waals surface area contributed by atoms with Crippen molar-refractivity contribution in [3.05, 3.63) is 35.1 Å². The molecule has 0 aliphatic heterocycles. The van der Waals surface area contributed by atoms with Crippen molar-refractivity contribution in [3.8, 4) is 0 Å². The van der Waals surface area contributed by atoms with E-state index in [9.17, 15) is 4.39 Å². The van der Waals surface area contributed by atoms with Crippen LogP contribution in [0.2, 0.25) is 0 Å². The molecule has 0 aromatic heterocycles. The molecule has 2 saturated carbocycles. The number of halogens is 1. The van der Waals surface area contributed by atoms with Crippen LogP contribution in [0, 0.1) is 17.3 Å². The maximum atomic E-state index is 14.8. The molecule has 2 aliphatic carbocycles. The minimum absolute atomic E-state index is 0.00108. The van der Waals surface area contributed by atoms with Gasteiger partial charge < -0.3 is 0 Å². The maximum Gasteiger partial charge on any atom is 0.126 e. The molecule has 0 bridgehead atoms. The summed E-state index contributed by atoms with van der Waals surface area (Å²) in [6, 6.07) is 6.25. The number of benzene rings is 1. The zero-order valence-electron chi connectivity index (χ0n) is 16.4. The Morgan fingerprint density at radius 1 is 0.962 bits per heavy atom. The molecule has 2 nitrogen and oxygen atoms in total. The quantitative estimate of drug-likeness (QED) is 0.382. The second kappa shape index (κ2) is 9.62. The fourth-order valence-electron chi connectivity index (χ4n) is 5.11. The highest BCUT2D eigenvalue weighted by molar-refractivity contribution is 5.30. The molecule has 0 saturated heterocycles. The summed E-state index contributed by atoms with van der Waals surface area (Å²) in [5, 5.41) is 3.66. The van der Waals surface area contributed by atoms with E-state index >= 15 is 0 Å². The first kappa shape index (κ1) is 19.5. The topological polar surface area (TPSA) is 36.2 Å². The van der Waals surface area contributed by atoms with E-state index in [2.05, 4.69) is 24.2 Å². The number of rotatable bonds is 7. The Labute approximate surface area is 158 Å². The molecule has 2 fully saturated rings. The van der Waals surface area contributed by atoms with E-state index in [1.165, 1.54) is 56.9 Å².